The average molecular weight is 1210 g/mol. The standard InChI is InChI=1S/C80H84N12/c1-75(2,3)51-31-19-45(20-32-51)61-63(47-23-35-53(36-24-47)77(7,8)9)71-85-69(61)83-67-57-43-59-60(92(81)91-90-59)44-58(57)68(82-67)84-70-62(46-21-33-52(34-22-46)76(4,5)6)64(48-25-37-54(38-26-48)78(10,11)12)72(86-70)88-74-66(50-29-41-56(42-30-50)80(16,17)18)65(73(87-71)89-74)49-27-39-55(40-28-49)79(13,14)15/h19-44H,81H2,1-18H3,(H2,82,83,84,85,86,87,88,89). The summed E-state index contributed by atoms with van der Waals surface area (Å²) >= 11 is 0. The van der Waals surface area contributed by atoms with E-state index >= 15 is 0 Å². The number of nitrogens with zero attached hydrogens (tertiary/aromatic N) is 9. The van der Waals surface area contributed by atoms with Crippen LogP contribution in [-0.2, 0) is 32.5 Å². The van der Waals surface area contributed by atoms with E-state index in [1.165, 1.54) is 38.2 Å². The fraction of sp³-hybridized carbons (Fsp3) is 0.300. The number of rotatable bonds is 6. The Morgan fingerprint density at radius 3 is 0.804 bits per heavy atom. The topological polar surface area (TPSA) is 166 Å². The zero-order chi connectivity index (χ0) is 65.4. The predicted molar refractivity (Wildman–Crippen MR) is 380 cm³/mol. The summed E-state index contributed by atoms with van der Waals surface area (Å²) in [6, 6.07) is 57.2. The first kappa shape index (κ1) is 61.2. The van der Waals surface area contributed by atoms with Crippen molar-refractivity contribution in [3.05, 3.63) is 237 Å². The molecule has 8 bridgehead atoms. The molecule has 2 aliphatic rings. The molecule has 0 spiro atoms. The molecule has 11 aromatic rings. The zero-order valence-corrected chi connectivity index (χ0v) is 56.6. The molecule has 6 heterocycles. The Morgan fingerprint density at radius 2 is 0.533 bits per heavy atom. The van der Waals surface area contributed by atoms with E-state index in [0.717, 1.165) is 77.6 Å². The Hall–Kier alpha value is -9.68. The highest BCUT2D eigenvalue weighted by Gasteiger charge is 2.32. The van der Waals surface area contributed by atoms with Crippen LogP contribution >= 0.6 is 0 Å². The van der Waals surface area contributed by atoms with Crippen LogP contribution in [0.25, 0.3) is 88.9 Å². The van der Waals surface area contributed by atoms with Crippen molar-refractivity contribution in [3.63, 3.8) is 0 Å². The number of hydrogen-bond acceptors (Lipinski definition) is 9. The van der Waals surface area contributed by atoms with Crippen molar-refractivity contribution < 1.29 is 0 Å². The number of hydrogen-bond donors (Lipinski definition) is 3. The number of nitrogens with one attached hydrogen (secondary N) is 2. The molecular formula is C80H84N12. The number of nitrogens with two attached hydrogens (primary N) is 1. The third-order valence-corrected chi connectivity index (χ3v) is 18.2. The van der Waals surface area contributed by atoms with Crippen molar-refractivity contribution in [1.29, 1.82) is 0 Å². The molecule has 92 heavy (non-hydrogen) atoms. The molecular weight excluding hydrogens is 1130 g/mol. The molecule has 0 saturated heterocycles. The largest absolute Gasteiger partial charge is 0.324 e. The average Bonchev–Trinajstić information content (AvgIpc) is 1.59. The van der Waals surface area contributed by atoms with Gasteiger partial charge in [-0.25, -0.2) is 29.9 Å². The summed E-state index contributed by atoms with van der Waals surface area (Å²) in [5.41, 5.74) is 20.7. The molecule has 0 aliphatic carbocycles. The number of nitrogen functional groups attached to an aromatic ring is 1. The van der Waals surface area contributed by atoms with Crippen molar-refractivity contribution in [2.24, 2.45) is 0 Å². The fourth-order valence-corrected chi connectivity index (χ4v) is 12.5. The Morgan fingerprint density at radius 1 is 0.293 bits per heavy atom. The summed E-state index contributed by atoms with van der Waals surface area (Å²) in [6.45, 7) is 40.4. The van der Waals surface area contributed by atoms with Gasteiger partial charge in [0.05, 0.1) is 0 Å². The summed E-state index contributed by atoms with van der Waals surface area (Å²) in [4.78, 5) is 43.5. The van der Waals surface area contributed by atoms with E-state index in [0.29, 0.717) is 56.9 Å². The first-order chi connectivity index (χ1) is 43.3. The normalized spacial score (nSPS) is 13.7. The second kappa shape index (κ2) is 21.7. The molecule has 13 rings (SSSR count). The van der Waals surface area contributed by atoms with Gasteiger partial charge in [-0.05, 0) is 117 Å². The van der Waals surface area contributed by atoms with Crippen molar-refractivity contribution in [2.75, 3.05) is 5.84 Å². The third kappa shape index (κ3) is 11.3. The van der Waals surface area contributed by atoms with E-state index in [1.54, 1.807) is 0 Å². The summed E-state index contributed by atoms with van der Waals surface area (Å²) in [6.07, 6.45) is 0. The molecule has 0 amide bonds. The van der Waals surface area contributed by atoms with E-state index in [9.17, 15) is 0 Å². The number of aromatic amines is 2. The summed E-state index contributed by atoms with van der Waals surface area (Å²) in [7, 11) is 0. The van der Waals surface area contributed by atoms with Gasteiger partial charge in [0, 0.05) is 44.2 Å². The van der Waals surface area contributed by atoms with Crippen LogP contribution in [0.2, 0.25) is 0 Å². The van der Waals surface area contributed by atoms with Gasteiger partial charge >= 0.3 is 0 Å². The predicted octanol–water partition coefficient (Wildman–Crippen LogP) is 18.6. The van der Waals surface area contributed by atoms with Gasteiger partial charge in [-0.15, -0.1) is 5.10 Å². The number of fused-ring (bicyclic) bond motifs is 12. The van der Waals surface area contributed by atoms with Gasteiger partial charge in [-0.2, -0.15) is 4.79 Å². The van der Waals surface area contributed by atoms with E-state index < -0.39 is 0 Å². The van der Waals surface area contributed by atoms with Gasteiger partial charge in [-0.3, -0.25) is 0 Å². The highest BCUT2D eigenvalue weighted by atomic mass is 15.6. The van der Waals surface area contributed by atoms with Crippen LogP contribution in [0.5, 0.6) is 0 Å². The molecule has 12 heteroatoms. The molecule has 0 fully saturated rings. The van der Waals surface area contributed by atoms with Crippen LogP contribution in [0, 0.1) is 0 Å². The van der Waals surface area contributed by atoms with Crippen molar-refractivity contribution >= 4 is 66.7 Å². The Labute approximate surface area is 540 Å². The van der Waals surface area contributed by atoms with Crippen LogP contribution in [0.1, 0.15) is 204 Å². The molecule has 0 radical (unpaired) electrons. The summed E-state index contributed by atoms with van der Waals surface area (Å²) < 4.78 is 0. The first-order valence-corrected chi connectivity index (χ1v) is 32.1. The Balaban J connectivity index is 1.26. The van der Waals surface area contributed by atoms with Crippen molar-refractivity contribution in [2.45, 2.75) is 157 Å². The lowest BCUT2D eigenvalue weighted by Crippen LogP contribution is -2.11. The van der Waals surface area contributed by atoms with Crippen LogP contribution in [0.15, 0.2) is 158 Å². The maximum absolute atomic E-state index is 6.55. The van der Waals surface area contributed by atoms with Gasteiger partial charge in [0.15, 0.2) is 23.3 Å². The van der Waals surface area contributed by atoms with E-state index in [2.05, 4.69) is 291 Å². The van der Waals surface area contributed by atoms with E-state index in [-0.39, 0.29) is 32.5 Å². The lowest BCUT2D eigenvalue weighted by Gasteiger charge is -2.20. The minimum absolute atomic E-state index is 0.0984. The first-order valence-electron chi connectivity index (χ1n) is 32.1. The molecule has 0 unspecified atom stereocenters. The molecule has 12 nitrogen and oxygen atoms in total. The number of H-pyrrole nitrogens is 2. The van der Waals surface area contributed by atoms with Crippen molar-refractivity contribution in [1.82, 2.24) is 55.0 Å². The zero-order valence-electron chi connectivity index (χ0n) is 56.6. The van der Waals surface area contributed by atoms with Gasteiger partial charge in [0.2, 0.25) is 0 Å². The second-order valence-corrected chi connectivity index (χ2v) is 31.2. The van der Waals surface area contributed by atoms with Gasteiger partial charge < -0.3 is 15.8 Å². The second-order valence-electron chi connectivity index (χ2n) is 31.2. The number of benzene rings is 7. The van der Waals surface area contributed by atoms with Crippen LogP contribution in [0.4, 0.5) is 0 Å². The van der Waals surface area contributed by atoms with Gasteiger partial charge in [-0.1, -0.05) is 270 Å². The molecule has 0 atom stereocenters. The maximum atomic E-state index is 6.55. The Kier molecular flexibility index (Phi) is 14.5. The molecule has 0 saturated carbocycles. The lowest BCUT2D eigenvalue weighted by atomic mass is 9.84. The van der Waals surface area contributed by atoms with E-state index in [1.807, 2.05) is 12.1 Å². The quantitative estimate of drug-likeness (QED) is 0.137. The third-order valence-electron chi connectivity index (χ3n) is 18.2. The minimum atomic E-state index is -0.101. The molecule has 7 aromatic carbocycles. The summed E-state index contributed by atoms with van der Waals surface area (Å²) in [5.74, 6) is 8.43. The van der Waals surface area contributed by atoms with Crippen molar-refractivity contribution in [3.8, 4) is 22.3 Å². The molecule has 2 aliphatic heterocycles. The van der Waals surface area contributed by atoms with Crippen LogP contribution < -0.4 is 5.84 Å². The monoisotopic (exact) mass is 1210 g/mol. The summed E-state index contributed by atoms with van der Waals surface area (Å²) in [5, 5.41) is 10.3. The fourth-order valence-electron chi connectivity index (χ4n) is 12.5. The molecule has 4 aromatic heterocycles. The van der Waals surface area contributed by atoms with Gasteiger partial charge in [0.1, 0.15) is 33.6 Å². The Bertz CT molecular complexity index is 4950. The van der Waals surface area contributed by atoms with Crippen LogP contribution in [-0.4, -0.2) is 55.0 Å². The van der Waals surface area contributed by atoms with Gasteiger partial charge in [0.25, 0.3) is 0 Å². The number of aromatic nitrogens is 11. The molecule has 4 N–H and O–H groups in total. The SMILES string of the molecule is CC(C)(C)c1ccc(C2=C(c3ccc(C(C)(C)C)cc3)c3nc2nc2[nH]c(nc4nc(nc5[nH]c(n3)c3cc6nnn(N)c6cc53)C(c3ccc(C(C)(C)C)cc3)=C4c3ccc(C(C)(C)C)cc3)c(-c3ccc(C(C)(C)C)cc3)c2-c2ccc(C(C)(C)C)cc2)cc1. The van der Waals surface area contributed by atoms with E-state index in [4.69, 9.17) is 35.7 Å². The smallest absolute Gasteiger partial charge is 0.165 e. The lowest BCUT2D eigenvalue weighted by molar-refractivity contribution is 0.590. The minimum Gasteiger partial charge on any atom is -0.324 e. The van der Waals surface area contributed by atoms with Crippen LogP contribution in [0.3, 0.4) is 0 Å². The maximum Gasteiger partial charge on any atom is 0.165 e. The highest BCUT2D eigenvalue weighted by molar-refractivity contribution is 6.12. The highest BCUT2D eigenvalue weighted by Crippen LogP contribution is 2.46. The molecule has 464 valence electrons.